The van der Waals surface area contributed by atoms with E-state index in [4.69, 9.17) is 17.3 Å². The van der Waals surface area contributed by atoms with Crippen LogP contribution >= 0.6 is 11.6 Å². The molecular weight excluding hydrogens is 212 g/mol. The van der Waals surface area contributed by atoms with Crippen LogP contribution in [0.4, 0.5) is 11.4 Å². The van der Waals surface area contributed by atoms with Gasteiger partial charge < -0.3 is 15.7 Å². The van der Waals surface area contributed by atoms with Crippen LogP contribution in [-0.2, 0) is 0 Å². The molecule has 1 aliphatic rings. The normalized spacial score (nSPS) is 18.1. The summed E-state index contributed by atoms with van der Waals surface area (Å²) in [7, 11) is 0. The van der Waals surface area contributed by atoms with Crippen LogP contribution in [0.3, 0.4) is 0 Å². The van der Waals surface area contributed by atoms with Crippen molar-refractivity contribution >= 4 is 23.0 Å². The highest BCUT2D eigenvalue weighted by molar-refractivity contribution is 6.34. The van der Waals surface area contributed by atoms with Crippen LogP contribution in [0.2, 0.25) is 5.02 Å². The van der Waals surface area contributed by atoms with Gasteiger partial charge in [-0.25, -0.2) is 0 Å². The predicted octanol–water partition coefficient (Wildman–Crippen LogP) is 1.88. The summed E-state index contributed by atoms with van der Waals surface area (Å²) in [5.41, 5.74) is 7.51. The Kier molecular flexibility index (Phi) is 3.03. The van der Waals surface area contributed by atoms with Crippen molar-refractivity contribution in [2.45, 2.75) is 18.9 Å². The van der Waals surface area contributed by atoms with E-state index in [0.29, 0.717) is 10.7 Å². The maximum absolute atomic E-state index is 9.42. The first-order valence-corrected chi connectivity index (χ1v) is 5.53. The number of piperidine rings is 1. The number of aliphatic hydroxyl groups is 1. The van der Waals surface area contributed by atoms with Crippen LogP contribution in [0.5, 0.6) is 0 Å². The average Bonchev–Trinajstić information content (AvgIpc) is 2.20. The van der Waals surface area contributed by atoms with E-state index in [9.17, 15) is 5.11 Å². The maximum Gasteiger partial charge on any atom is 0.0789 e. The number of para-hydroxylation sites is 1. The number of nitrogens with two attached hydrogens (primary N) is 1. The monoisotopic (exact) mass is 226 g/mol. The molecule has 3 nitrogen and oxygen atoms in total. The summed E-state index contributed by atoms with van der Waals surface area (Å²) in [5.74, 6) is 0. The van der Waals surface area contributed by atoms with Crippen LogP contribution < -0.4 is 10.6 Å². The van der Waals surface area contributed by atoms with Gasteiger partial charge in [0, 0.05) is 13.1 Å². The second kappa shape index (κ2) is 4.29. The minimum absolute atomic E-state index is 0.176. The summed E-state index contributed by atoms with van der Waals surface area (Å²) < 4.78 is 0. The van der Waals surface area contributed by atoms with Crippen molar-refractivity contribution in [2.24, 2.45) is 0 Å². The van der Waals surface area contributed by atoms with E-state index in [-0.39, 0.29) is 6.10 Å². The van der Waals surface area contributed by atoms with Gasteiger partial charge in [0.05, 0.1) is 22.5 Å². The Bertz CT molecular complexity index is 328. The molecule has 0 aromatic heterocycles. The molecular formula is C11H15ClN2O. The number of nitrogen functional groups attached to an aromatic ring is 1. The third-order valence-corrected chi connectivity index (χ3v) is 3.10. The Morgan fingerprint density at radius 3 is 2.60 bits per heavy atom. The number of aliphatic hydroxyl groups excluding tert-OH is 1. The summed E-state index contributed by atoms with van der Waals surface area (Å²) in [6.45, 7) is 1.63. The smallest absolute Gasteiger partial charge is 0.0789 e. The number of rotatable bonds is 1. The summed E-state index contributed by atoms with van der Waals surface area (Å²) in [6, 6.07) is 5.55. The number of hydrogen-bond donors (Lipinski definition) is 2. The predicted molar refractivity (Wildman–Crippen MR) is 63.3 cm³/mol. The fourth-order valence-corrected chi connectivity index (χ4v) is 2.26. The Balaban J connectivity index is 2.22. The van der Waals surface area contributed by atoms with Gasteiger partial charge >= 0.3 is 0 Å². The van der Waals surface area contributed by atoms with Gasteiger partial charge in [0.25, 0.3) is 0 Å². The third-order valence-electron chi connectivity index (χ3n) is 2.80. The highest BCUT2D eigenvalue weighted by Crippen LogP contribution is 2.33. The van der Waals surface area contributed by atoms with Gasteiger partial charge in [-0.15, -0.1) is 0 Å². The van der Waals surface area contributed by atoms with Gasteiger partial charge in [-0.05, 0) is 25.0 Å². The van der Waals surface area contributed by atoms with Crippen molar-refractivity contribution in [3.8, 4) is 0 Å². The molecule has 1 aromatic rings. The third kappa shape index (κ3) is 2.19. The lowest BCUT2D eigenvalue weighted by Gasteiger charge is -2.32. The van der Waals surface area contributed by atoms with Crippen LogP contribution in [-0.4, -0.2) is 24.3 Å². The van der Waals surface area contributed by atoms with Gasteiger partial charge in [-0.3, -0.25) is 0 Å². The van der Waals surface area contributed by atoms with E-state index in [1.807, 2.05) is 18.2 Å². The first-order chi connectivity index (χ1) is 7.18. The minimum atomic E-state index is -0.176. The lowest BCUT2D eigenvalue weighted by atomic mass is 10.1. The van der Waals surface area contributed by atoms with Crippen LogP contribution in [0.15, 0.2) is 18.2 Å². The number of hydrogen-bond acceptors (Lipinski definition) is 3. The molecule has 3 N–H and O–H groups in total. The van der Waals surface area contributed by atoms with Crippen molar-refractivity contribution < 1.29 is 5.11 Å². The molecule has 0 unspecified atom stereocenters. The highest BCUT2D eigenvalue weighted by atomic mass is 35.5. The van der Waals surface area contributed by atoms with Crippen LogP contribution in [0.1, 0.15) is 12.8 Å². The van der Waals surface area contributed by atoms with Crippen molar-refractivity contribution in [1.29, 1.82) is 0 Å². The average molecular weight is 227 g/mol. The largest absolute Gasteiger partial charge is 0.397 e. The summed E-state index contributed by atoms with van der Waals surface area (Å²) in [6.07, 6.45) is 1.39. The fraction of sp³-hybridized carbons (Fsp3) is 0.455. The molecule has 15 heavy (non-hydrogen) atoms. The van der Waals surface area contributed by atoms with Crippen molar-refractivity contribution in [2.75, 3.05) is 23.7 Å². The molecule has 0 spiro atoms. The minimum Gasteiger partial charge on any atom is -0.397 e. The van der Waals surface area contributed by atoms with Crippen molar-refractivity contribution in [1.82, 2.24) is 0 Å². The molecule has 1 aromatic carbocycles. The quantitative estimate of drug-likeness (QED) is 0.719. The van der Waals surface area contributed by atoms with Gasteiger partial charge in [0.1, 0.15) is 0 Å². The molecule has 1 fully saturated rings. The molecule has 1 saturated heterocycles. The van der Waals surface area contributed by atoms with E-state index >= 15 is 0 Å². The Morgan fingerprint density at radius 1 is 1.33 bits per heavy atom. The summed E-state index contributed by atoms with van der Waals surface area (Å²) >= 11 is 6.12. The maximum atomic E-state index is 9.42. The van der Waals surface area contributed by atoms with E-state index in [1.165, 1.54) is 0 Å². The van der Waals surface area contributed by atoms with E-state index < -0.39 is 0 Å². The Hall–Kier alpha value is -0.930. The molecule has 0 amide bonds. The number of anilines is 2. The van der Waals surface area contributed by atoms with Gasteiger partial charge in [0.2, 0.25) is 0 Å². The van der Waals surface area contributed by atoms with Crippen molar-refractivity contribution in [3.63, 3.8) is 0 Å². The second-order valence-electron chi connectivity index (χ2n) is 3.90. The van der Waals surface area contributed by atoms with Gasteiger partial charge in [-0.2, -0.15) is 0 Å². The van der Waals surface area contributed by atoms with Crippen molar-refractivity contribution in [3.05, 3.63) is 23.2 Å². The molecule has 0 radical (unpaired) electrons. The van der Waals surface area contributed by atoms with Crippen LogP contribution in [0.25, 0.3) is 0 Å². The molecule has 2 rings (SSSR count). The van der Waals surface area contributed by atoms with Crippen LogP contribution in [0, 0.1) is 0 Å². The van der Waals surface area contributed by atoms with Gasteiger partial charge in [0.15, 0.2) is 0 Å². The first-order valence-electron chi connectivity index (χ1n) is 5.15. The SMILES string of the molecule is Nc1cccc(Cl)c1N1CCC(O)CC1. The topological polar surface area (TPSA) is 49.5 Å². The summed E-state index contributed by atoms with van der Waals surface area (Å²) in [4.78, 5) is 2.14. The standard InChI is InChI=1S/C11H15ClN2O/c12-9-2-1-3-10(13)11(9)14-6-4-8(15)5-7-14/h1-3,8,15H,4-7,13H2. The molecule has 0 atom stereocenters. The molecule has 1 aliphatic heterocycles. The fourth-order valence-electron chi connectivity index (χ4n) is 1.96. The van der Waals surface area contributed by atoms with E-state index in [2.05, 4.69) is 4.90 Å². The lowest BCUT2D eigenvalue weighted by Crippen LogP contribution is -2.36. The zero-order chi connectivity index (χ0) is 10.8. The molecule has 0 aliphatic carbocycles. The van der Waals surface area contributed by atoms with E-state index in [0.717, 1.165) is 31.6 Å². The van der Waals surface area contributed by atoms with Gasteiger partial charge in [-0.1, -0.05) is 17.7 Å². The number of benzene rings is 1. The highest BCUT2D eigenvalue weighted by Gasteiger charge is 2.20. The van der Waals surface area contributed by atoms with E-state index in [1.54, 1.807) is 0 Å². The molecule has 82 valence electrons. The number of nitrogens with zero attached hydrogens (tertiary/aromatic N) is 1. The number of halogens is 1. The molecule has 0 bridgehead atoms. The molecule has 1 heterocycles. The zero-order valence-corrected chi connectivity index (χ0v) is 9.24. The summed E-state index contributed by atoms with van der Waals surface area (Å²) in [5, 5.41) is 10.1. The molecule has 4 heteroatoms. The zero-order valence-electron chi connectivity index (χ0n) is 8.49. The Labute approximate surface area is 94.4 Å². The second-order valence-corrected chi connectivity index (χ2v) is 4.30. The lowest BCUT2D eigenvalue weighted by molar-refractivity contribution is 0.145. The first kappa shape index (κ1) is 10.6. The molecule has 0 saturated carbocycles. The Morgan fingerprint density at radius 2 is 2.00 bits per heavy atom.